The predicted octanol–water partition coefficient (Wildman–Crippen LogP) is 2.20. The van der Waals surface area contributed by atoms with Gasteiger partial charge in [0.25, 0.3) is 0 Å². The monoisotopic (exact) mass is 208 g/mol. The Morgan fingerprint density at radius 1 is 1.36 bits per heavy atom. The molecule has 0 aromatic carbocycles. The minimum absolute atomic E-state index is 0.590. The minimum atomic E-state index is 0.590. The third-order valence-corrected chi connectivity index (χ3v) is 3.79. The van der Waals surface area contributed by atoms with Crippen LogP contribution in [0.2, 0.25) is 5.15 Å². The second-order valence-corrected chi connectivity index (χ2v) is 4.68. The summed E-state index contributed by atoms with van der Waals surface area (Å²) >= 11 is 5.78. The zero-order valence-electron chi connectivity index (χ0n) is 7.91. The minimum Gasteiger partial charge on any atom is -0.313 e. The van der Waals surface area contributed by atoms with Crippen molar-refractivity contribution in [3.8, 4) is 0 Å². The van der Waals surface area contributed by atoms with Crippen molar-refractivity contribution in [1.29, 1.82) is 0 Å². The lowest BCUT2D eigenvalue weighted by atomic mass is 9.91. The van der Waals surface area contributed by atoms with E-state index in [0.29, 0.717) is 17.1 Å². The molecule has 3 heteroatoms. The number of nitrogens with one attached hydrogen (secondary N) is 1. The van der Waals surface area contributed by atoms with Gasteiger partial charge in [0.15, 0.2) is 0 Å². The highest BCUT2D eigenvalue weighted by molar-refractivity contribution is 6.29. The van der Waals surface area contributed by atoms with E-state index in [1.165, 1.54) is 24.9 Å². The molecule has 1 aliphatic heterocycles. The molecule has 3 rings (SSSR count). The second-order valence-electron chi connectivity index (χ2n) is 4.29. The van der Waals surface area contributed by atoms with Gasteiger partial charge < -0.3 is 5.32 Å². The Morgan fingerprint density at radius 3 is 2.79 bits per heavy atom. The largest absolute Gasteiger partial charge is 0.313 e. The van der Waals surface area contributed by atoms with Gasteiger partial charge in [0.2, 0.25) is 0 Å². The van der Waals surface area contributed by atoms with Crippen molar-refractivity contribution in [3.63, 3.8) is 0 Å². The molecule has 2 heterocycles. The van der Waals surface area contributed by atoms with E-state index in [2.05, 4.69) is 16.4 Å². The van der Waals surface area contributed by atoms with Gasteiger partial charge in [-0.1, -0.05) is 17.7 Å². The molecule has 1 aromatic rings. The van der Waals surface area contributed by atoms with Crippen LogP contribution < -0.4 is 5.32 Å². The number of hydrogen-bond donors (Lipinski definition) is 1. The first-order valence-corrected chi connectivity index (χ1v) is 5.57. The van der Waals surface area contributed by atoms with Crippen LogP contribution in [-0.2, 0) is 0 Å². The number of piperidine rings is 1. The van der Waals surface area contributed by atoms with E-state index in [-0.39, 0.29) is 0 Å². The fourth-order valence-electron chi connectivity index (χ4n) is 2.93. The van der Waals surface area contributed by atoms with E-state index in [1.54, 1.807) is 0 Å². The second kappa shape index (κ2) is 3.21. The van der Waals surface area contributed by atoms with Crippen molar-refractivity contribution >= 4 is 11.6 Å². The molecule has 2 aliphatic rings. The van der Waals surface area contributed by atoms with Crippen LogP contribution in [0.25, 0.3) is 0 Å². The molecule has 0 radical (unpaired) electrons. The van der Waals surface area contributed by atoms with Crippen LogP contribution in [0, 0.1) is 5.92 Å². The summed E-state index contributed by atoms with van der Waals surface area (Å²) in [6.07, 6.45) is 4.62. The van der Waals surface area contributed by atoms with Gasteiger partial charge in [-0.15, -0.1) is 0 Å². The van der Waals surface area contributed by atoms with Crippen molar-refractivity contribution in [2.24, 2.45) is 5.92 Å². The summed E-state index contributed by atoms with van der Waals surface area (Å²) < 4.78 is 0. The summed E-state index contributed by atoms with van der Waals surface area (Å²) in [5.74, 6) is 1.50. The maximum Gasteiger partial charge on any atom is 0.129 e. The van der Waals surface area contributed by atoms with Gasteiger partial charge in [-0.05, 0) is 36.9 Å². The summed E-state index contributed by atoms with van der Waals surface area (Å²) in [4.78, 5) is 4.16. The van der Waals surface area contributed by atoms with Gasteiger partial charge in [-0.25, -0.2) is 4.98 Å². The van der Waals surface area contributed by atoms with E-state index in [4.69, 9.17) is 11.6 Å². The highest BCUT2D eigenvalue weighted by atomic mass is 35.5. The highest BCUT2D eigenvalue weighted by Crippen LogP contribution is 2.43. The van der Waals surface area contributed by atoms with Crippen molar-refractivity contribution in [3.05, 3.63) is 29.0 Å². The van der Waals surface area contributed by atoms with Crippen LogP contribution in [0.5, 0.6) is 0 Å². The molecule has 14 heavy (non-hydrogen) atoms. The molecule has 74 valence electrons. The van der Waals surface area contributed by atoms with Gasteiger partial charge in [0.1, 0.15) is 5.15 Å². The lowest BCUT2D eigenvalue weighted by Gasteiger charge is -2.14. The molecule has 1 aromatic heterocycles. The van der Waals surface area contributed by atoms with Crippen LogP contribution >= 0.6 is 11.6 Å². The fourth-order valence-corrected chi connectivity index (χ4v) is 3.04. The van der Waals surface area contributed by atoms with Crippen LogP contribution in [0.1, 0.15) is 24.3 Å². The maximum absolute atomic E-state index is 5.78. The van der Waals surface area contributed by atoms with Crippen molar-refractivity contribution in [2.75, 3.05) is 6.54 Å². The summed E-state index contributed by atoms with van der Waals surface area (Å²) in [5, 5.41) is 4.15. The number of pyridine rings is 1. The number of aromatic nitrogens is 1. The molecule has 0 spiro atoms. The quantitative estimate of drug-likeness (QED) is 0.716. The van der Waals surface area contributed by atoms with Crippen LogP contribution in [0.15, 0.2) is 18.3 Å². The van der Waals surface area contributed by atoms with Gasteiger partial charge >= 0.3 is 0 Å². The topological polar surface area (TPSA) is 24.9 Å². The van der Waals surface area contributed by atoms with E-state index >= 15 is 0 Å². The van der Waals surface area contributed by atoms with Crippen LogP contribution in [0.4, 0.5) is 0 Å². The first-order valence-electron chi connectivity index (χ1n) is 5.19. The van der Waals surface area contributed by atoms with Gasteiger partial charge in [-0.3, -0.25) is 0 Å². The summed E-state index contributed by atoms with van der Waals surface area (Å²) in [7, 11) is 0. The first kappa shape index (κ1) is 8.69. The molecule has 1 saturated heterocycles. The molecule has 3 atom stereocenters. The lowest BCUT2D eigenvalue weighted by Crippen LogP contribution is -2.25. The number of rotatable bonds is 1. The Balaban J connectivity index is 1.92. The first-order chi connectivity index (χ1) is 6.84. The molecule has 1 saturated carbocycles. The molecular weight excluding hydrogens is 196 g/mol. The Bertz CT molecular complexity index is 316. The fraction of sp³-hybridized carbons (Fsp3) is 0.545. The van der Waals surface area contributed by atoms with E-state index in [9.17, 15) is 0 Å². The molecule has 2 nitrogen and oxygen atoms in total. The van der Waals surface area contributed by atoms with E-state index < -0.39 is 0 Å². The molecule has 1 aliphatic carbocycles. The van der Waals surface area contributed by atoms with Crippen LogP contribution in [0.3, 0.4) is 0 Å². The maximum atomic E-state index is 5.78. The Kier molecular flexibility index (Phi) is 1.99. The van der Waals surface area contributed by atoms with Crippen molar-refractivity contribution in [1.82, 2.24) is 10.3 Å². The smallest absolute Gasteiger partial charge is 0.129 e. The Labute approximate surface area is 88.7 Å². The van der Waals surface area contributed by atoms with Crippen molar-refractivity contribution in [2.45, 2.75) is 24.8 Å². The van der Waals surface area contributed by atoms with Crippen molar-refractivity contribution < 1.29 is 0 Å². The molecule has 2 fully saturated rings. The number of halogens is 1. The average Bonchev–Trinajstić information content (AvgIpc) is 2.78. The Hall–Kier alpha value is -0.600. The lowest BCUT2D eigenvalue weighted by molar-refractivity contribution is 0.503. The summed E-state index contributed by atoms with van der Waals surface area (Å²) in [6.45, 7) is 1.18. The van der Waals surface area contributed by atoms with Crippen LogP contribution in [-0.4, -0.2) is 17.6 Å². The summed E-state index contributed by atoms with van der Waals surface area (Å²) in [6, 6.07) is 4.70. The van der Waals surface area contributed by atoms with Gasteiger partial charge in [0.05, 0.1) is 0 Å². The van der Waals surface area contributed by atoms with E-state index in [0.717, 1.165) is 5.92 Å². The normalized spacial score (nSPS) is 35.1. The number of hydrogen-bond acceptors (Lipinski definition) is 2. The Morgan fingerprint density at radius 2 is 2.29 bits per heavy atom. The summed E-state index contributed by atoms with van der Waals surface area (Å²) in [5.41, 5.74) is 1.35. The predicted molar refractivity (Wildman–Crippen MR) is 56.5 cm³/mol. The molecule has 1 N–H and O–H groups in total. The number of nitrogens with zero attached hydrogens (tertiary/aromatic N) is 1. The van der Waals surface area contributed by atoms with Gasteiger partial charge in [0, 0.05) is 18.2 Å². The molecule has 3 unspecified atom stereocenters. The standard InChI is InChI=1S/C11H13ClN2/c12-10-4-2-8(6-14-10)11-7-1-3-9(11)13-5-7/h2,4,6-7,9,11,13H,1,3,5H2. The molecule has 2 bridgehead atoms. The third kappa shape index (κ3) is 1.25. The highest BCUT2D eigenvalue weighted by Gasteiger charge is 2.42. The number of fused-ring (bicyclic) bond motifs is 2. The third-order valence-electron chi connectivity index (χ3n) is 3.57. The average molecular weight is 209 g/mol. The molecule has 0 amide bonds. The zero-order valence-corrected chi connectivity index (χ0v) is 8.67. The SMILES string of the molecule is Clc1ccc(C2C3CCC2NC3)cn1. The molecular formula is C11H13ClN2. The zero-order chi connectivity index (χ0) is 9.54. The van der Waals surface area contributed by atoms with Gasteiger partial charge in [-0.2, -0.15) is 0 Å². The van der Waals surface area contributed by atoms with E-state index in [1.807, 2.05) is 12.3 Å².